The van der Waals surface area contributed by atoms with E-state index in [2.05, 4.69) is 9.91 Å². The van der Waals surface area contributed by atoms with Crippen LogP contribution in [0.3, 0.4) is 0 Å². The Hall–Kier alpha value is -2.11. The highest BCUT2D eigenvalue weighted by Gasteiger charge is 2.07. The van der Waals surface area contributed by atoms with Crippen molar-refractivity contribution in [2.24, 2.45) is 5.18 Å². The molecule has 0 aromatic heterocycles. The molecule has 80 valence electrons. The van der Waals surface area contributed by atoms with Crippen molar-refractivity contribution in [3.05, 3.63) is 23.1 Å². The number of aromatic hydroxyl groups is 1. The maximum atomic E-state index is 10.7. The fraction of sp³-hybridized carbons (Fsp3) is 0.222. The fourth-order valence-electron chi connectivity index (χ4n) is 0.871. The van der Waals surface area contributed by atoms with E-state index in [1.807, 2.05) is 0 Å². The lowest BCUT2D eigenvalue weighted by molar-refractivity contribution is -0.142. The molecular weight excluding hydrogens is 202 g/mol. The van der Waals surface area contributed by atoms with Gasteiger partial charge in [-0.25, -0.2) is 4.79 Å². The first-order valence-electron chi connectivity index (χ1n) is 4.03. The lowest BCUT2D eigenvalue weighted by Crippen LogP contribution is -2.12. The summed E-state index contributed by atoms with van der Waals surface area (Å²) < 4.78 is 9.25. The Labute approximate surface area is 85.4 Å². The lowest BCUT2D eigenvalue weighted by atomic mass is 10.3. The molecule has 0 radical (unpaired) electrons. The van der Waals surface area contributed by atoms with E-state index in [1.54, 1.807) is 0 Å². The van der Waals surface area contributed by atoms with Crippen LogP contribution in [0, 0.1) is 4.91 Å². The number of hydrogen-bond donors (Lipinski definition) is 1. The predicted molar refractivity (Wildman–Crippen MR) is 51.1 cm³/mol. The van der Waals surface area contributed by atoms with Crippen LogP contribution < -0.4 is 4.74 Å². The van der Waals surface area contributed by atoms with Gasteiger partial charge in [0.1, 0.15) is 5.69 Å². The second-order valence-electron chi connectivity index (χ2n) is 2.61. The van der Waals surface area contributed by atoms with E-state index in [0.717, 1.165) is 0 Å². The number of phenols is 1. The monoisotopic (exact) mass is 211 g/mol. The van der Waals surface area contributed by atoms with Crippen molar-refractivity contribution in [3.8, 4) is 11.5 Å². The highest BCUT2D eigenvalue weighted by molar-refractivity contribution is 5.71. The standard InChI is InChI=1S/C9H9NO5/c1-14-9(12)5-15-8-4-6(10-13)2-3-7(8)11/h2-4,11H,5H2,1H3. The second-order valence-corrected chi connectivity index (χ2v) is 2.61. The number of carbonyl (C=O) groups is 1. The Balaban J connectivity index is 2.75. The molecule has 0 atom stereocenters. The quantitative estimate of drug-likeness (QED) is 0.600. The van der Waals surface area contributed by atoms with E-state index < -0.39 is 5.97 Å². The van der Waals surface area contributed by atoms with Crippen LogP contribution in [0.25, 0.3) is 0 Å². The zero-order valence-corrected chi connectivity index (χ0v) is 7.97. The number of phenolic OH excluding ortho intramolecular Hbond substituents is 1. The highest BCUT2D eigenvalue weighted by Crippen LogP contribution is 2.30. The van der Waals surface area contributed by atoms with E-state index in [0.29, 0.717) is 0 Å². The van der Waals surface area contributed by atoms with Crippen molar-refractivity contribution in [3.63, 3.8) is 0 Å². The van der Waals surface area contributed by atoms with Crippen LogP contribution in [0.2, 0.25) is 0 Å². The van der Waals surface area contributed by atoms with Crippen LogP contribution in [0.15, 0.2) is 23.4 Å². The third-order valence-corrected chi connectivity index (χ3v) is 1.62. The number of rotatable bonds is 4. The molecule has 0 heterocycles. The molecule has 6 nitrogen and oxygen atoms in total. The van der Waals surface area contributed by atoms with E-state index in [1.165, 1.54) is 25.3 Å². The van der Waals surface area contributed by atoms with Gasteiger partial charge < -0.3 is 14.6 Å². The average Bonchev–Trinajstić information content (AvgIpc) is 2.27. The first kappa shape index (κ1) is 11.0. The Morgan fingerprint density at radius 3 is 2.87 bits per heavy atom. The van der Waals surface area contributed by atoms with Crippen molar-refractivity contribution in [2.45, 2.75) is 0 Å². The van der Waals surface area contributed by atoms with E-state index in [9.17, 15) is 14.8 Å². The van der Waals surface area contributed by atoms with Gasteiger partial charge >= 0.3 is 5.97 Å². The third kappa shape index (κ3) is 2.94. The molecule has 15 heavy (non-hydrogen) atoms. The molecule has 0 aliphatic carbocycles. The Kier molecular flexibility index (Phi) is 3.61. The van der Waals surface area contributed by atoms with Crippen LogP contribution >= 0.6 is 0 Å². The number of carbonyl (C=O) groups excluding carboxylic acids is 1. The molecule has 1 rings (SSSR count). The Morgan fingerprint density at radius 2 is 2.27 bits per heavy atom. The Morgan fingerprint density at radius 1 is 1.53 bits per heavy atom. The first-order valence-corrected chi connectivity index (χ1v) is 4.03. The molecule has 0 unspecified atom stereocenters. The zero-order chi connectivity index (χ0) is 11.3. The molecule has 0 fully saturated rings. The molecule has 0 saturated heterocycles. The molecule has 0 aliphatic heterocycles. The molecule has 6 heteroatoms. The number of nitroso groups, excluding NO2 is 1. The third-order valence-electron chi connectivity index (χ3n) is 1.62. The fourth-order valence-corrected chi connectivity index (χ4v) is 0.871. The van der Waals surface area contributed by atoms with Gasteiger partial charge in [-0.2, -0.15) is 0 Å². The molecule has 0 aliphatic rings. The number of benzene rings is 1. The van der Waals surface area contributed by atoms with Crippen LogP contribution in [-0.4, -0.2) is 24.8 Å². The molecule has 0 amide bonds. The maximum Gasteiger partial charge on any atom is 0.343 e. The van der Waals surface area contributed by atoms with Crippen molar-refractivity contribution in [1.29, 1.82) is 0 Å². The summed E-state index contributed by atoms with van der Waals surface area (Å²) in [5.41, 5.74) is 0.104. The molecule has 0 spiro atoms. The predicted octanol–water partition coefficient (Wildman–Crippen LogP) is 1.34. The minimum absolute atomic E-state index is 0.0116. The average molecular weight is 211 g/mol. The minimum atomic E-state index is -0.584. The maximum absolute atomic E-state index is 10.7. The summed E-state index contributed by atoms with van der Waals surface area (Å²) in [4.78, 5) is 20.9. The van der Waals surface area contributed by atoms with Gasteiger partial charge in [-0.3, -0.25) is 0 Å². The summed E-state index contributed by atoms with van der Waals surface area (Å²) >= 11 is 0. The number of nitrogens with zero attached hydrogens (tertiary/aromatic N) is 1. The summed E-state index contributed by atoms with van der Waals surface area (Å²) in [5, 5.41) is 12.0. The summed E-state index contributed by atoms with van der Waals surface area (Å²) in [6, 6.07) is 3.81. The van der Waals surface area contributed by atoms with Crippen molar-refractivity contribution in [2.75, 3.05) is 13.7 Å². The molecule has 1 N–H and O–H groups in total. The molecule has 0 bridgehead atoms. The molecule has 1 aromatic rings. The van der Waals surface area contributed by atoms with Crippen molar-refractivity contribution >= 4 is 11.7 Å². The molecular formula is C9H9NO5. The largest absolute Gasteiger partial charge is 0.504 e. The van der Waals surface area contributed by atoms with E-state index >= 15 is 0 Å². The SMILES string of the molecule is COC(=O)COc1cc(N=O)ccc1O. The van der Waals surface area contributed by atoms with Crippen LogP contribution in [-0.2, 0) is 9.53 Å². The molecule has 1 aromatic carbocycles. The number of hydrogen-bond acceptors (Lipinski definition) is 6. The van der Waals surface area contributed by atoms with Crippen molar-refractivity contribution < 1.29 is 19.4 Å². The van der Waals surface area contributed by atoms with Crippen LogP contribution in [0.4, 0.5) is 5.69 Å². The Bertz CT molecular complexity index is 377. The normalized spacial score (nSPS) is 9.40. The van der Waals surface area contributed by atoms with Crippen LogP contribution in [0.5, 0.6) is 11.5 Å². The van der Waals surface area contributed by atoms with Gasteiger partial charge in [-0.1, -0.05) is 0 Å². The summed E-state index contributed by atoms with van der Waals surface area (Å²) in [6.45, 7) is -0.341. The van der Waals surface area contributed by atoms with Gasteiger partial charge in [0.15, 0.2) is 18.1 Å². The second kappa shape index (κ2) is 4.94. The van der Waals surface area contributed by atoms with Gasteiger partial charge in [0, 0.05) is 6.07 Å². The topological polar surface area (TPSA) is 85.2 Å². The van der Waals surface area contributed by atoms with Gasteiger partial charge in [0.2, 0.25) is 0 Å². The van der Waals surface area contributed by atoms with E-state index in [4.69, 9.17) is 4.74 Å². The summed E-state index contributed by atoms with van der Waals surface area (Å²) in [6.07, 6.45) is 0. The summed E-state index contributed by atoms with van der Waals surface area (Å²) in [5.74, 6) is -0.748. The highest BCUT2D eigenvalue weighted by atomic mass is 16.6. The first-order chi connectivity index (χ1) is 7.17. The molecule has 0 saturated carbocycles. The van der Waals surface area contributed by atoms with Crippen molar-refractivity contribution in [1.82, 2.24) is 0 Å². The summed E-state index contributed by atoms with van der Waals surface area (Å²) in [7, 11) is 1.22. The van der Waals surface area contributed by atoms with Gasteiger partial charge in [0.25, 0.3) is 0 Å². The number of esters is 1. The minimum Gasteiger partial charge on any atom is -0.504 e. The van der Waals surface area contributed by atoms with E-state index in [-0.39, 0.29) is 23.8 Å². The smallest absolute Gasteiger partial charge is 0.343 e. The number of methoxy groups -OCH3 is 1. The lowest BCUT2D eigenvalue weighted by Gasteiger charge is -2.06. The number of ether oxygens (including phenoxy) is 2. The van der Waals surface area contributed by atoms with Crippen LogP contribution in [0.1, 0.15) is 0 Å². The van der Waals surface area contributed by atoms with Gasteiger partial charge in [0.05, 0.1) is 7.11 Å². The van der Waals surface area contributed by atoms with Gasteiger partial charge in [-0.15, -0.1) is 4.91 Å². The van der Waals surface area contributed by atoms with Gasteiger partial charge in [-0.05, 0) is 17.3 Å². The zero-order valence-electron chi connectivity index (χ0n) is 7.97.